The second-order valence-electron chi connectivity index (χ2n) is 4.22. The van der Waals surface area contributed by atoms with Gasteiger partial charge in [-0.25, -0.2) is 0 Å². The highest BCUT2D eigenvalue weighted by molar-refractivity contribution is 4.93. The molecule has 0 aliphatic carbocycles. The Balaban J connectivity index is 2.90. The van der Waals surface area contributed by atoms with E-state index in [1.165, 1.54) is 0 Å². The summed E-state index contributed by atoms with van der Waals surface area (Å²) in [6, 6.07) is 0. The van der Waals surface area contributed by atoms with Gasteiger partial charge in [0.2, 0.25) is 0 Å². The maximum absolute atomic E-state index is 5.70. The van der Waals surface area contributed by atoms with Gasteiger partial charge in [-0.15, -0.1) is 0 Å². The van der Waals surface area contributed by atoms with Crippen molar-refractivity contribution in [3.63, 3.8) is 0 Å². The lowest BCUT2D eigenvalue weighted by Crippen LogP contribution is -2.62. The Labute approximate surface area is 98.2 Å². The van der Waals surface area contributed by atoms with E-state index in [1.54, 1.807) is 21.3 Å². The molecular weight excluding hydrogens is 208 g/mol. The molecule has 96 valence electrons. The van der Waals surface area contributed by atoms with Crippen LogP contribution in [0.4, 0.5) is 0 Å². The summed E-state index contributed by atoms with van der Waals surface area (Å²) in [5.41, 5.74) is -0.481. The van der Waals surface area contributed by atoms with E-state index in [0.717, 1.165) is 32.1 Å². The van der Waals surface area contributed by atoms with Crippen molar-refractivity contribution < 1.29 is 18.9 Å². The quantitative estimate of drug-likeness (QED) is 0.659. The van der Waals surface area contributed by atoms with Gasteiger partial charge in [0.1, 0.15) is 5.60 Å². The summed E-state index contributed by atoms with van der Waals surface area (Å²) >= 11 is 0. The van der Waals surface area contributed by atoms with Crippen LogP contribution in [0.25, 0.3) is 0 Å². The lowest BCUT2D eigenvalue weighted by molar-refractivity contribution is -0.445. The van der Waals surface area contributed by atoms with Gasteiger partial charge in [0.15, 0.2) is 0 Å². The second kappa shape index (κ2) is 5.96. The van der Waals surface area contributed by atoms with Crippen LogP contribution in [-0.4, -0.2) is 39.5 Å². The van der Waals surface area contributed by atoms with Gasteiger partial charge in [-0.1, -0.05) is 19.8 Å². The molecule has 1 aliphatic heterocycles. The molecule has 4 heteroatoms. The summed E-state index contributed by atoms with van der Waals surface area (Å²) in [6.07, 6.45) is 4.97. The predicted molar refractivity (Wildman–Crippen MR) is 61.2 cm³/mol. The highest BCUT2D eigenvalue weighted by Gasteiger charge is 2.56. The number of unbranched alkanes of at least 4 members (excludes halogenated alkanes) is 1. The standard InChI is InChI=1S/C12H24O4/c1-5-6-8-11(13-2)9-7-10-16-12(11,14-3)15-4/h5-10H2,1-4H3. The van der Waals surface area contributed by atoms with Crippen LogP contribution >= 0.6 is 0 Å². The molecule has 1 heterocycles. The minimum Gasteiger partial charge on any atom is -0.370 e. The number of hydrogen-bond acceptors (Lipinski definition) is 4. The van der Waals surface area contributed by atoms with Crippen molar-refractivity contribution in [3.8, 4) is 0 Å². The Morgan fingerprint density at radius 2 is 1.81 bits per heavy atom. The van der Waals surface area contributed by atoms with Gasteiger partial charge in [0.05, 0.1) is 6.61 Å². The Kier molecular flexibility index (Phi) is 5.18. The minimum atomic E-state index is -1.05. The SMILES string of the molecule is CCCCC1(OC)CCCOC1(OC)OC. The van der Waals surface area contributed by atoms with Crippen molar-refractivity contribution in [2.75, 3.05) is 27.9 Å². The van der Waals surface area contributed by atoms with Crippen LogP contribution < -0.4 is 0 Å². The van der Waals surface area contributed by atoms with Crippen molar-refractivity contribution in [1.29, 1.82) is 0 Å². The van der Waals surface area contributed by atoms with Gasteiger partial charge < -0.3 is 18.9 Å². The highest BCUT2D eigenvalue weighted by atomic mass is 16.9. The Bertz CT molecular complexity index is 203. The molecule has 0 spiro atoms. The number of ether oxygens (including phenoxy) is 4. The lowest BCUT2D eigenvalue weighted by Gasteiger charge is -2.49. The monoisotopic (exact) mass is 232 g/mol. The molecule has 0 aromatic carbocycles. The van der Waals surface area contributed by atoms with E-state index in [2.05, 4.69) is 6.92 Å². The normalized spacial score (nSPS) is 29.2. The smallest absolute Gasteiger partial charge is 0.313 e. The van der Waals surface area contributed by atoms with Gasteiger partial charge in [0.25, 0.3) is 0 Å². The van der Waals surface area contributed by atoms with Crippen LogP contribution in [0, 0.1) is 0 Å². The van der Waals surface area contributed by atoms with Crippen LogP contribution in [0.1, 0.15) is 39.0 Å². The molecule has 0 amide bonds. The fourth-order valence-electron chi connectivity index (χ4n) is 2.49. The third-order valence-electron chi connectivity index (χ3n) is 3.44. The molecule has 0 N–H and O–H groups in total. The maximum atomic E-state index is 5.70. The van der Waals surface area contributed by atoms with Crippen molar-refractivity contribution in [2.45, 2.75) is 50.6 Å². The largest absolute Gasteiger partial charge is 0.370 e. The van der Waals surface area contributed by atoms with Crippen LogP contribution in [0.5, 0.6) is 0 Å². The molecular formula is C12H24O4. The Hall–Kier alpha value is -0.160. The summed E-state index contributed by atoms with van der Waals surface area (Å²) in [5.74, 6) is -1.05. The maximum Gasteiger partial charge on any atom is 0.313 e. The van der Waals surface area contributed by atoms with Gasteiger partial charge in [-0.05, 0) is 19.3 Å². The fraction of sp³-hybridized carbons (Fsp3) is 1.00. The lowest BCUT2D eigenvalue weighted by atomic mass is 9.86. The van der Waals surface area contributed by atoms with Crippen molar-refractivity contribution in [3.05, 3.63) is 0 Å². The van der Waals surface area contributed by atoms with E-state index >= 15 is 0 Å². The molecule has 4 nitrogen and oxygen atoms in total. The van der Waals surface area contributed by atoms with E-state index in [0.29, 0.717) is 6.61 Å². The van der Waals surface area contributed by atoms with E-state index < -0.39 is 11.6 Å². The first-order valence-electron chi connectivity index (χ1n) is 5.99. The summed E-state index contributed by atoms with van der Waals surface area (Å²) in [6.45, 7) is 2.81. The molecule has 0 aromatic rings. The zero-order valence-corrected chi connectivity index (χ0v) is 10.9. The summed E-state index contributed by atoms with van der Waals surface area (Å²) in [4.78, 5) is 0. The molecule has 1 saturated heterocycles. The molecule has 1 atom stereocenters. The molecule has 1 rings (SSSR count). The van der Waals surface area contributed by atoms with E-state index in [-0.39, 0.29) is 0 Å². The third-order valence-corrected chi connectivity index (χ3v) is 3.44. The molecule has 0 bridgehead atoms. The summed E-state index contributed by atoms with van der Waals surface area (Å²) < 4.78 is 22.3. The van der Waals surface area contributed by atoms with Gasteiger partial charge >= 0.3 is 5.97 Å². The summed E-state index contributed by atoms with van der Waals surface area (Å²) in [5, 5.41) is 0. The second-order valence-corrected chi connectivity index (χ2v) is 4.22. The van der Waals surface area contributed by atoms with Gasteiger partial charge in [0, 0.05) is 21.3 Å². The molecule has 0 saturated carbocycles. The van der Waals surface area contributed by atoms with Crippen LogP contribution in [0.15, 0.2) is 0 Å². The van der Waals surface area contributed by atoms with Gasteiger partial charge in [-0.3, -0.25) is 0 Å². The van der Waals surface area contributed by atoms with Crippen LogP contribution in [0.2, 0.25) is 0 Å². The van der Waals surface area contributed by atoms with Crippen molar-refractivity contribution >= 4 is 0 Å². The molecule has 16 heavy (non-hydrogen) atoms. The first-order valence-corrected chi connectivity index (χ1v) is 5.99. The van der Waals surface area contributed by atoms with Crippen LogP contribution in [0.3, 0.4) is 0 Å². The molecule has 1 fully saturated rings. The molecule has 1 unspecified atom stereocenters. The van der Waals surface area contributed by atoms with Crippen molar-refractivity contribution in [1.82, 2.24) is 0 Å². The van der Waals surface area contributed by atoms with E-state index in [4.69, 9.17) is 18.9 Å². The van der Waals surface area contributed by atoms with Crippen LogP contribution in [-0.2, 0) is 18.9 Å². The molecule has 0 radical (unpaired) electrons. The average Bonchev–Trinajstić information content (AvgIpc) is 2.36. The zero-order chi connectivity index (χ0) is 12.1. The first kappa shape index (κ1) is 13.9. The van der Waals surface area contributed by atoms with Crippen molar-refractivity contribution in [2.24, 2.45) is 0 Å². The molecule has 0 aromatic heterocycles. The zero-order valence-electron chi connectivity index (χ0n) is 10.9. The number of rotatable bonds is 6. The average molecular weight is 232 g/mol. The van der Waals surface area contributed by atoms with E-state index in [1.807, 2.05) is 0 Å². The minimum absolute atomic E-state index is 0.481. The summed E-state index contributed by atoms with van der Waals surface area (Å²) in [7, 11) is 4.92. The van der Waals surface area contributed by atoms with E-state index in [9.17, 15) is 0 Å². The van der Waals surface area contributed by atoms with Gasteiger partial charge in [-0.2, -0.15) is 0 Å². The fourth-order valence-corrected chi connectivity index (χ4v) is 2.49. The predicted octanol–water partition coefficient (Wildman–Crippen LogP) is 2.32. The Morgan fingerprint density at radius 3 is 2.31 bits per heavy atom. The topological polar surface area (TPSA) is 36.9 Å². The molecule has 1 aliphatic rings. The third kappa shape index (κ3) is 2.25. The highest BCUT2D eigenvalue weighted by Crippen LogP contribution is 2.42. The number of methoxy groups -OCH3 is 3. The Morgan fingerprint density at radius 1 is 1.12 bits per heavy atom. The first-order chi connectivity index (χ1) is 7.70. The number of hydrogen-bond donors (Lipinski definition) is 0.